The zero-order chi connectivity index (χ0) is 13.0. The van der Waals surface area contributed by atoms with Crippen molar-refractivity contribution in [1.82, 2.24) is 4.90 Å². The van der Waals surface area contributed by atoms with Crippen LogP contribution in [0.4, 0.5) is 0 Å². The van der Waals surface area contributed by atoms with Crippen LogP contribution >= 0.6 is 0 Å². The summed E-state index contributed by atoms with van der Waals surface area (Å²) in [6, 6.07) is 0. The maximum absolute atomic E-state index is 12.5. The van der Waals surface area contributed by atoms with Crippen molar-refractivity contribution in [3.63, 3.8) is 0 Å². The molecule has 0 radical (unpaired) electrons. The van der Waals surface area contributed by atoms with Gasteiger partial charge >= 0.3 is 0 Å². The summed E-state index contributed by atoms with van der Waals surface area (Å²) in [6.07, 6.45) is 13.3. The van der Waals surface area contributed by atoms with Crippen molar-refractivity contribution in [2.24, 2.45) is 5.41 Å². The molecule has 0 aromatic carbocycles. The van der Waals surface area contributed by atoms with Crippen LogP contribution in [0.25, 0.3) is 0 Å². The van der Waals surface area contributed by atoms with Gasteiger partial charge in [-0.15, -0.1) is 12.3 Å². The molecule has 0 aromatic rings. The molecule has 98 valence electrons. The van der Waals surface area contributed by atoms with Gasteiger partial charge in [0, 0.05) is 19.4 Å². The summed E-state index contributed by atoms with van der Waals surface area (Å²) >= 11 is 0. The molecular formula is C15H21NO2. The number of hydrogen-bond acceptors (Lipinski definition) is 2. The maximum Gasteiger partial charge on any atom is 0.235 e. The second kappa shape index (κ2) is 5.56. The van der Waals surface area contributed by atoms with Gasteiger partial charge in [0.1, 0.15) is 0 Å². The minimum Gasteiger partial charge on any atom is -0.282 e. The van der Waals surface area contributed by atoms with Crippen LogP contribution in [0.15, 0.2) is 0 Å². The van der Waals surface area contributed by atoms with Crippen LogP contribution in [0.3, 0.4) is 0 Å². The number of terminal acetylenes is 1. The third kappa shape index (κ3) is 2.43. The maximum atomic E-state index is 12.5. The molecule has 2 amide bonds. The first-order valence-electron chi connectivity index (χ1n) is 6.98. The van der Waals surface area contributed by atoms with Crippen molar-refractivity contribution >= 4 is 11.8 Å². The number of rotatable bonds is 3. The molecule has 0 unspecified atom stereocenters. The molecule has 3 nitrogen and oxygen atoms in total. The lowest BCUT2D eigenvalue weighted by Crippen LogP contribution is -2.36. The van der Waals surface area contributed by atoms with Crippen LogP contribution in [-0.2, 0) is 9.59 Å². The van der Waals surface area contributed by atoms with Gasteiger partial charge in [-0.1, -0.05) is 25.7 Å². The van der Waals surface area contributed by atoms with E-state index in [1.165, 1.54) is 17.7 Å². The first kappa shape index (κ1) is 13.1. The molecule has 2 fully saturated rings. The summed E-state index contributed by atoms with van der Waals surface area (Å²) < 4.78 is 0. The topological polar surface area (TPSA) is 37.4 Å². The molecule has 1 saturated carbocycles. The molecule has 2 aliphatic rings. The normalized spacial score (nSPS) is 23.2. The SMILES string of the molecule is C#CCCCN1C(=O)CC2(CCCCCC2)C1=O. The third-order valence-electron chi connectivity index (χ3n) is 4.25. The molecule has 1 aliphatic carbocycles. The Kier molecular flexibility index (Phi) is 4.06. The summed E-state index contributed by atoms with van der Waals surface area (Å²) in [5, 5.41) is 0. The summed E-state index contributed by atoms with van der Waals surface area (Å²) in [5.74, 6) is 2.64. The average molecular weight is 247 g/mol. The zero-order valence-electron chi connectivity index (χ0n) is 10.9. The van der Waals surface area contributed by atoms with Crippen LogP contribution in [-0.4, -0.2) is 23.3 Å². The lowest BCUT2D eigenvalue weighted by Gasteiger charge is -2.24. The molecule has 0 bridgehead atoms. The first-order chi connectivity index (χ1) is 8.69. The Labute approximate surface area is 109 Å². The second-order valence-corrected chi connectivity index (χ2v) is 5.53. The van der Waals surface area contributed by atoms with E-state index in [9.17, 15) is 9.59 Å². The highest BCUT2D eigenvalue weighted by atomic mass is 16.2. The van der Waals surface area contributed by atoms with E-state index in [0.717, 1.165) is 32.1 Å². The number of hydrogen-bond donors (Lipinski definition) is 0. The average Bonchev–Trinajstić information content (AvgIpc) is 2.55. The van der Waals surface area contributed by atoms with Gasteiger partial charge in [-0.25, -0.2) is 0 Å². The molecule has 0 N–H and O–H groups in total. The van der Waals surface area contributed by atoms with E-state index in [1.54, 1.807) is 0 Å². The fourth-order valence-electron chi connectivity index (χ4n) is 3.22. The fraction of sp³-hybridized carbons (Fsp3) is 0.733. The Morgan fingerprint density at radius 1 is 1.17 bits per heavy atom. The molecule has 3 heteroatoms. The number of amides is 2. The predicted molar refractivity (Wildman–Crippen MR) is 69.5 cm³/mol. The van der Waals surface area contributed by atoms with E-state index in [-0.39, 0.29) is 17.2 Å². The van der Waals surface area contributed by atoms with Crippen molar-refractivity contribution in [3.05, 3.63) is 0 Å². The lowest BCUT2D eigenvalue weighted by atomic mass is 9.79. The standard InChI is InChI=1S/C15H21NO2/c1-2-3-8-11-16-13(17)12-15(14(16)18)9-6-4-5-7-10-15/h1H,3-12H2. The predicted octanol–water partition coefficient (Wildman–Crippen LogP) is 2.50. The summed E-state index contributed by atoms with van der Waals surface area (Å²) in [6.45, 7) is 0.504. The van der Waals surface area contributed by atoms with Crippen LogP contribution in [0.1, 0.15) is 57.8 Å². The molecule has 18 heavy (non-hydrogen) atoms. The van der Waals surface area contributed by atoms with Crippen molar-refractivity contribution in [2.45, 2.75) is 57.8 Å². The van der Waals surface area contributed by atoms with Crippen LogP contribution in [0.5, 0.6) is 0 Å². The zero-order valence-corrected chi connectivity index (χ0v) is 10.9. The van der Waals surface area contributed by atoms with Gasteiger partial charge in [0.15, 0.2) is 0 Å². The van der Waals surface area contributed by atoms with Crippen LogP contribution < -0.4 is 0 Å². The Morgan fingerprint density at radius 3 is 2.44 bits per heavy atom. The Bertz CT molecular complexity index is 372. The number of nitrogens with zero attached hydrogens (tertiary/aromatic N) is 1. The monoisotopic (exact) mass is 247 g/mol. The summed E-state index contributed by atoms with van der Waals surface area (Å²) in [5.41, 5.74) is -0.357. The molecule has 1 spiro atoms. The first-order valence-corrected chi connectivity index (χ1v) is 6.98. The van der Waals surface area contributed by atoms with E-state index in [0.29, 0.717) is 19.4 Å². The minimum atomic E-state index is -0.357. The highest BCUT2D eigenvalue weighted by molar-refractivity contribution is 6.05. The number of carbonyl (C=O) groups excluding carboxylic acids is 2. The minimum absolute atomic E-state index is 0.0129. The number of likely N-dealkylation sites (tertiary alicyclic amines) is 1. The molecule has 1 heterocycles. The van der Waals surface area contributed by atoms with Crippen molar-refractivity contribution in [2.75, 3.05) is 6.54 Å². The summed E-state index contributed by atoms with van der Waals surface area (Å²) in [4.78, 5) is 26.0. The largest absolute Gasteiger partial charge is 0.282 e. The Morgan fingerprint density at radius 2 is 1.83 bits per heavy atom. The highest BCUT2D eigenvalue weighted by Crippen LogP contribution is 2.44. The Balaban J connectivity index is 2.05. The van der Waals surface area contributed by atoms with Gasteiger partial charge in [0.05, 0.1) is 5.41 Å². The van der Waals surface area contributed by atoms with E-state index in [1.807, 2.05) is 0 Å². The number of carbonyl (C=O) groups is 2. The van der Waals surface area contributed by atoms with Crippen molar-refractivity contribution in [1.29, 1.82) is 0 Å². The summed E-state index contributed by atoms with van der Waals surface area (Å²) in [7, 11) is 0. The van der Waals surface area contributed by atoms with Gasteiger partial charge in [-0.3, -0.25) is 14.5 Å². The highest BCUT2D eigenvalue weighted by Gasteiger charge is 2.50. The van der Waals surface area contributed by atoms with Gasteiger partial charge in [-0.2, -0.15) is 0 Å². The van der Waals surface area contributed by atoms with Crippen LogP contribution in [0, 0.1) is 17.8 Å². The van der Waals surface area contributed by atoms with E-state index in [2.05, 4.69) is 5.92 Å². The smallest absolute Gasteiger partial charge is 0.235 e. The van der Waals surface area contributed by atoms with Gasteiger partial charge in [0.25, 0.3) is 0 Å². The van der Waals surface area contributed by atoms with Crippen molar-refractivity contribution in [3.8, 4) is 12.3 Å². The molecule has 0 atom stereocenters. The van der Waals surface area contributed by atoms with Gasteiger partial charge < -0.3 is 0 Å². The number of imide groups is 1. The number of unbranched alkanes of at least 4 members (excludes halogenated alkanes) is 1. The molecule has 0 aromatic heterocycles. The fourth-order valence-corrected chi connectivity index (χ4v) is 3.22. The molecule has 1 saturated heterocycles. The van der Waals surface area contributed by atoms with Gasteiger partial charge in [0.2, 0.25) is 11.8 Å². The molecule has 2 rings (SSSR count). The van der Waals surface area contributed by atoms with Gasteiger partial charge in [-0.05, 0) is 19.3 Å². The van der Waals surface area contributed by atoms with Crippen LogP contribution in [0.2, 0.25) is 0 Å². The quantitative estimate of drug-likeness (QED) is 0.436. The lowest BCUT2D eigenvalue weighted by molar-refractivity contribution is -0.141. The second-order valence-electron chi connectivity index (χ2n) is 5.53. The molecular weight excluding hydrogens is 226 g/mol. The third-order valence-corrected chi connectivity index (χ3v) is 4.25. The van der Waals surface area contributed by atoms with E-state index >= 15 is 0 Å². The Hall–Kier alpha value is -1.30. The van der Waals surface area contributed by atoms with E-state index < -0.39 is 0 Å². The van der Waals surface area contributed by atoms with Crippen molar-refractivity contribution < 1.29 is 9.59 Å². The molecule has 1 aliphatic heterocycles. The van der Waals surface area contributed by atoms with E-state index in [4.69, 9.17) is 6.42 Å².